The number of rotatable bonds is 7. The predicted molar refractivity (Wildman–Crippen MR) is 70.3 cm³/mol. The summed E-state index contributed by atoms with van der Waals surface area (Å²) in [6.45, 7) is 4.82. The van der Waals surface area contributed by atoms with Crippen LogP contribution in [0.1, 0.15) is 16.6 Å². The third-order valence-electron chi connectivity index (χ3n) is 2.30. The van der Waals surface area contributed by atoms with Crippen LogP contribution < -0.4 is 0 Å². The highest BCUT2D eigenvalue weighted by Gasteiger charge is 2.14. The van der Waals surface area contributed by atoms with Crippen LogP contribution in [0.5, 0.6) is 0 Å². The van der Waals surface area contributed by atoms with E-state index in [1.807, 2.05) is 18.4 Å². The molecular weight excluding hydrogens is 290 g/mol. The van der Waals surface area contributed by atoms with E-state index in [-0.39, 0.29) is 5.78 Å². The Morgan fingerprint density at radius 1 is 1.62 bits per heavy atom. The fourth-order valence-electron chi connectivity index (χ4n) is 1.34. The Bertz CT molecular complexity index is 340. The quantitative estimate of drug-likeness (QED) is 0.725. The molecule has 16 heavy (non-hydrogen) atoms. The lowest BCUT2D eigenvalue weighted by Crippen LogP contribution is -2.32. The molecule has 0 unspecified atom stereocenters. The number of ketones is 1. The van der Waals surface area contributed by atoms with Crippen molar-refractivity contribution in [2.75, 3.05) is 33.4 Å². The van der Waals surface area contributed by atoms with Crippen molar-refractivity contribution in [3.8, 4) is 0 Å². The third kappa shape index (κ3) is 3.97. The van der Waals surface area contributed by atoms with Crippen LogP contribution in [0.3, 0.4) is 0 Å². The van der Waals surface area contributed by atoms with E-state index in [1.54, 1.807) is 7.11 Å². The second-order valence-electron chi connectivity index (χ2n) is 3.38. The fraction of sp³-hybridized carbons (Fsp3) is 0.545. The Hall–Kier alpha value is -0.230. The van der Waals surface area contributed by atoms with Gasteiger partial charge in [-0.25, -0.2) is 0 Å². The molecule has 1 aromatic heterocycles. The van der Waals surface area contributed by atoms with Gasteiger partial charge in [-0.3, -0.25) is 9.69 Å². The second-order valence-corrected chi connectivity index (χ2v) is 5.15. The van der Waals surface area contributed by atoms with Gasteiger partial charge in [-0.1, -0.05) is 6.92 Å². The van der Waals surface area contributed by atoms with E-state index in [1.165, 1.54) is 11.3 Å². The van der Waals surface area contributed by atoms with Crippen LogP contribution in [-0.4, -0.2) is 44.0 Å². The van der Waals surface area contributed by atoms with Gasteiger partial charge in [0.1, 0.15) is 0 Å². The van der Waals surface area contributed by atoms with Gasteiger partial charge in [0.2, 0.25) is 0 Å². The number of halogens is 1. The van der Waals surface area contributed by atoms with Crippen molar-refractivity contribution < 1.29 is 9.53 Å². The van der Waals surface area contributed by atoms with Crippen LogP contribution in [0.2, 0.25) is 0 Å². The minimum atomic E-state index is 0.167. The molecule has 0 fully saturated rings. The molecule has 90 valence electrons. The van der Waals surface area contributed by atoms with Crippen LogP contribution >= 0.6 is 27.3 Å². The number of thiophene rings is 1. The maximum Gasteiger partial charge on any atom is 0.187 e. The smallest absolute Gasteiger partial charge is 0.187 e. The molecule has 1 aromatic rings. The number of methoxy groups -OCH3 is 1. The average molecular weight is 306 g/mol. The second kappa shape index (κ2) is 7.17. The monoisotopic (exact) mass is 305 g/mol. The summed E-state index contributed by atoms with van der Waals surface area (Å²) in [5.41, 5.74) is 0. The lowest BCUT2D eigenvalue weighted by molar-refractivity contribution is 0.0905. The number of hydrogen-bond acceptors (Lipinski definition) is 4. The van der Waals surface area contributed by atoms with E-state index in [0.717, 1.165) is 22.4 Å². The van der Waals surface area contributed by atoms with Crippen LogP contribution in [-0.2, 0) is 4.74 Å². The first-order valence-corrected chi connectivity index (χ1v) is 6.83. The molecular formula is C11H16BrNO2S. The van der Waals surface area contributed by atoms with Crippen LogP contribution in [0.4, 0.5) is 0 Å². The molecule has 0 atom stereocenters. The Kier molecular flexibility index (Phi) is 6.20. The van der Waals surface area contributed by atoms with Gasteiger partial charge in [0.05, 0.1) is 18.0 Å². The van der Waals surface area contributed by atoms with Gasteiger partial charge < -0.3 is 4.74 Å². The van der Waals surface area contributed by atoms with Gasteiger partial charge in [-0.15, -0.1) is 11.3 Å². The van der Waals surface area contributed by atoms with Gasteiger partial charge in [-0.2, -0.15) is 0 Å². The molecule has 0 saturated carbocycles. The van der Waals surface area contributed by atoms with Crippen LogP contribution in [0.25, 0.3) is 0 Å². The van der Waals surface area contributed by atoms with Crippen molar-refractivity contribution in [1.29, 1.82) is 0 Å². The lowest BCUT2D eigenvalue weighted by atomic mass is 10.3. The SMILES string of the molecule is CCN(CCOC)CC(=O)c1sccc1Br. The summed E-state index contributed by atoms with van der Waals surface area (Å²) in [6, 6.07) is 1.91. The van der Waals surface area contributed by atoms with E-state index in [4.69, 9.17) is 4.74 Å². The van der Waals surface area contributed by atoms with Gasteiger partial charge in [0, 0.05) is 18.1 Å². The van der Waals surface area contributed by atoms with Gasteiger partial charge in [-0.05, 0) is 33.9 Å². The molecule has 0 amide bonds. The molecule has 0 aliphatic rings. The number of carbonyl (C=O) groups excluding carboxylic acids is 1. The molecule has 0 N–H and O–H groups in total. The Balaban J connectivity index is 2.52. The molecule has 1 rings (SSSR count). The first kappa shape index (κ1) is 13.8. The summed E-state index contributed by atoms with van der Waals surface area (Å²) in [7, 11) is 1.67. The summed E-state index contributed by atoms with van der Waals surface area (Å²) in [5.74, 6) is 0.167. The van der Waals surface area contributed by atoms with Gasteiger partial charge in [0.15, 0.2) is 5.78 Å². The van der Waals surface area contributed by atoms with E-state index in [0.29, 0.717) is 13.2 Å². The van der Waals surface area contributed by atoms with Crippen LogP contribution in [0.15, 0.2) is 15.9 Å². The largest absolute Gasteiger partial charge is 0.383 e. The molecule has 0 aliphatic heterocycles. The molecule has 0 aliphatic carbocycles. The Labute approximate surface area is 109 Å². The van der Waals surface area contributed by atoms with E-state index < -0.39 is 0 Å². The molecule has 1 heterocycles. The number of Topliss-reactive ketones (excluding diaryl/α,β-unsaturated/α-hetero) is 1. The summed E-state index contributed by atoms with van der Waals surface area (Å²) >= 11 is 4.86. The maximum absolute atomic E-state index is 12.0. The first-order valence-electron chi connectivity index (χ1n) is 5.16. The molecule has 0 radical (unpaired) electrons. The highest BCUT2D eigenvalue weighted by Crippen LogP contribution is 2.23. The number of carbonyl (C=O) groups is 1. The van der Waals surface area contributed by atoms with E-state index >= 15 is 0 Å². The number of likely N-dealkylation sites (N-methyl/N-ethyl adjacent to an activating group) is 1. The van der Waals surface area contributed by atoms with Crippen LogP contribution in [0, 0.1) is 0 Å². The summed E-state index contributed by atoms with van der Waals surface area (Å²) in [5, 5.41) is 1.92. The highest BCUT2D eigenvalue weighted by molar-refractivity contribution is 9.10. The minimum Gasteiger partial charge on any atom is -0.383 e. The van der Waals surface area contributed by atoms with Crippen molar-refractivity contribution in [2.24, 2.45) is 0 Å². The zero-order valence-electron chi connectivity index (χ0n) is 9.53. The van der Waals surface area contributed by atoms with Crippen molar-refractivity contribution in [3.63, 3.8) is 0 Å². The predicted octanol–water partition coefficient (Wildman–Crippen LogP) is 2.66. The zero-order valence-corrected chi connectivity index (χ0v) is 11.9. The van der Waals surface area contributed by atoms with Gasteiger partial charge in [0.25, 0.3) is 0 Å². The topological polar surface area (TPSA) is 29.5 Å². The number of ether oxygens (including phenoxy) is 1. The first-order chi connectivity index (χ1) is 7.69. The van der Waals surface area contributed by atoms with Crippen molar-refractivity contribution in [2.45, 2.75) is 6.92 Å². The molecule has 0 saturated heterocycles. The summed E-state index contributed by atoms with van der Waals surface area (Å²) in [4.78, 5) is 14.8. The van der Waals surface area contributed by atoms with Crippen molar-refractivity contribution in [1.82, 2.24) is 4.90 Å². The Morgan fingerprint density at radius 2 is 2.38 bits per heavy atom. The lowest BCUT2D eigenvalue weighted by Gasteiger charge is -2.18. The number of nitrogens with zero attached hydrogens (tertiary/aromatic N) is 1. The molecule has 5 heteroatoms. The molecule has 0 aromatic carbocycles. The summed E-state index contributed by atoms with van der Waals surface area (Å²) in [6.07, 6.45) is 0. The molecule has 0 spiro atoms. The zero-order chi connectivity index (χ0) is 12.0. The van der Waals surface area contributed by atoms with E-state index in [9.17, 15) is 4.79 Å². The Morgan fingerprint density at radius 3 is 2.88 bits per heavy atom. The highest BCUT2D eigenvalue weighted by atomic mass is 79.9. The number of hydrogen-bond donors (Lipinski definition) is 0. The maximum atomic E-state index is 12.0. The van der Waals surface area contributed by atoms with E-state index in [2.05, 4.69) is 20.8 Å². The summed E-state index contributed by atoms with van der Waals surface area (Å²) < 4.78 is 5.90. The normalized spacial score (nSPS) is 11.0. The average Bonchev–Trinajstić information content (AvgIpc) is 2.70. The van der Waals surface area contributed by atoms with Crippen molar-refractivity contribution in [3.05, 3.63) is 20.8 Å². The fourth-order valence-corrected chi connectivity index (χ4v) is 2.86. The molecule has 0 bridgehead atoms. The van der Waals surface area contributed by atoms with Crippen molar-refractivity contribution >= 4 is 33.0 Å². The third-order valence-corrected chi connectivity index (χ3v) is 4.18. The van der Waals surface area contributed by atoms with Gasteiger partial charge >= 0.3 is 0 Å². The standard InChI is InChI=1S/C11H16BrNO2S/c1-3-13(5-6-15-2)8-10(14)11-9(12)4-7-16-11/h4,7H,3,5-6,8H2,1-2H3. The molecule has 3 nitrogen and oxygen atoms in total. The minimum absolute atomic E-state index is 0.167.